The largest absolute Gasteiger partial charge is 0.498 e. The Morgan fingerprint density at radius 3 is 2.03 bits per heavy atom. The van der Waals surface area contributed by atoms with Gasteiger partial charge in [-0.15, -0.1) is 0 Å². The van der Waals surface area contributed by atoms with Crippen LogP contribution >= 0.6 is 0 Å². The van der Waals surface area contributed by atoms with E-state index in [2.05, 4.69) is 70.7 Å². The molecule has 0 aliphatic heterocycles. The average molecular weight is 509 g/mol. The molecule has 0 spiro atoms. The van der Waals surface area contributed by atoms with Crippen molar-refractivity contribution in [3.05, 3.63) is 108 Å². The van der Waals surface area contributed by atoms with Gasteiger partial charge in [0.2, 0.25) is 0 Å². The van der Waals surface area contributed by atoms with E-state index in [0.29, 0.717) is 13.2 Å². The van der Waals surface area contributed by atoms with E-state index in [4.69, 9.17) is 9.47 Å². The molecule has 0 aromatic heterocycles. The molecule has 0 radical (unpaired) electrons. The zero-order valence-electron chi connectivity index (χ0n) is 21.5. The van der Waals surface area contributed by atoms with Crippen LogP contribution in [0.15, 0.2) is 96.6 Å². The first-order valence-electron chi connectivity index (χ1n) is 12.1. The van der Waals surface area contributed by atoms with Crippen LogP contribution in [-0.4, -0.2) is 26.2 Å². The molecule has 2 unspecified atom stereocenters. The SMILES string of the molecule is C=COCCOc1ccc(C(C)(C(CC)c2ccc(S(=O)(=O)O)cc2)C(C)(C)c2ccccc2)cc1. The van der Waals surface area contributed by atoms with Crippen molar-refractivity contribution in [1.29, 1.82) is 0 Å². The second-order valence-corrected chi connectivity index (χ2v) is 11.0. The lowest BCUT2D eigenvalue weighted by molar-refractivity contribution is 0.179. The maximum absolute atomic E-state index is 11.6. The number of hydrogen-bond donors (Lipinski definition) is 1. The van der Waals surface area contributed by atoms with Gasteiger partial charge in [0, 0.05) is 5.41 Å². The van der Waals surface area contributed by atoms with Gasteiger partial charge in [0.15, 0.2) is 0 Å². The molecule has 3 aromatic rings. The highest BCUT2D eigenvalue weighted by Crippen LogP contribution is 2.53. The Labute approximate surface area is 215 Å². The third-order valence-corrected chi connectivity index (χ3v) is 8.39. The Hall–Kier alpha value is -3.09. The van der Waals surface area contributed by atoms with Crippen LogP contribution in [0, 0.1) is 0 Å². The summed E-state index contributed by atoms with van der Waals surface area (Å²) in [7, 11) is -4.26. The summed E-state index contributed by atoms with van der Waals surface area (Å²) in [4.78, 5) is -0.105. The first-order chi connectivity index (χ1) is 17.1. The summed E-state index contributed by atoms with van der Waals surface area (Å²) in [5.74, 6) is 0.813. The normalized spacial score (nSPS) is 14.5. The quantitative estimate of drug-likeness (QED) is 0.164. The first-order valence-corrected chi connectivity index (χ1v) is 13.6. The Balaban J connectivity index is 2.10. The van der Waals surface area contributed by atoms with Crippen LogP contribution in [0.1, 0.15) is 56.7 Å². The van der Waals surface area contributed by atoms with Crippen molar-refractivity contribution in [2.75, 3.05) is 13.2 Å². The summed E-state index contributed by atoms with van der Waals surface area (Å²) in [6.07, 6.45) is 2.23. The molecule has 1 N–H and O–H groups in total. The van der Waals surface area contributed by atoms with Crippen molar-refractivity contribution in [2.45, 2.75) is 55.8 Å². The minimum absolute atomic E-state index is 0.0518. The van der Waals surface area contributed by atoms with Gasteiger partial charge in [-0.2, -0.15) is 8.42 Å². The third-order valence-electron chi connectivity index (χ3n) is 7.52. The van der Waals surface area contributed by atoms with Crippen LogP contribution in [0.25, 0.3) is 0 Å². The molecule has 0 saturated heterocycles. The molecule has 0 heterocycles. The maximum atomic E-state index is 11.6. The van der Waals surface area contributed by atoms with Crippen molar-refractivity contribution in [2.24, 2.45) is 0 Å². The maximum Gasteiger partial charge on any atom is 0.294 e. The predicted octanol–water partition coefficient (Wildman–Crippen LogP) is 6.90. The molecular formula is C30H36O5S. The van der Waals surface area contributed by atoms with E-state index >= 15 is 0 Å². The van der Waals surface area contributed by atoms with E-state index in [1.165, 1.54) is 24.0 Å². The molecule has 6 heteroatoms. The van der Waals surface area contributed by atoms with Crippen molar-refractivity contribution in [3.63, 3.8) is 0 Å². The fourth-order valence-electron chi connectivity index (χ4n) is 5.19. The zero-order valence-corrected chi connectivity index (χ0v) is 22.3. The Morgan fingerprint density at radius 2 is 1.50 bits per heavy atom. The second-order valence-electron chi connectivity index (χ2n) is 9.61. The molecule has 3 aromatic carbocycles. The summed E-state index contributed by atoms with van der Waals surface area (Å²) in [6.45, 7) is 13.3. The van der Waals surface area contributed by atoms with E-state index in [1.54, 1.807) is 0 Å². The van der Waals surface area contributed by atoms with Gasteiger partial charge in [-0.25, -0.2) is 0 Å². The molecule has 0 fully saturated rings. The van der Waals surface area contributed by atoms with Gasteiger partial charge in [-0.05, 0) is 58.7 Å². The van der Waals surface area contributed by atoms with Gasteiger partial charge in [-0.1, -0.05) is 88.9 Å². The van der Waals surface area contributed by atoms with Crippen molar-refractivity contribution in [3.8, 4) is 5.75 Å². The van der Waals surface area contributed by atoms with Gasteiger partial charge in [0.05, 0.1) is 11.2 Å². The summed E-state index contributed by atoms with van der Waals surface area (Å²) < 4.78 is 43.6. The van der Waals surface area contributed by atoms with Crippen LogP contribution in [0.2, 0.25) is 0 Å². The van der Waals surface area contributed by atoms with Crippen LogP contribution in [0.3, 0.4) is 0 Å². The molecule has 0 saturated carbocycles. The summed E-state index contributed by atoms with van der Waals surface area (Å²) in [5, 5.41) is 0. The lowest BCUT2D eigenvalue weighted by Crippen LogP contribution is -2.47. The molecule has 0 bridgehead atoms. The van der Waals surface area contributed by atoms with Gasteiger partial charge >= 0.3 is 0 Å². The van der Waals surface area contributed by atoms with E-state index < -0.39 is 10.1 Å². The standard InChI is InChI=1S/C30H36O5S/c1-6-28(23-13-19-27(20-14-23)36(31,32)33)30(5,29(3,4)24-11-9-8-10-12-24)25-15-17-26(18-16-25)35-22-21-34-7-2/h7-20,28H,2,6,21-22H2,1,3-5H3,(H,31,32,33). The fourth-order valence-corrected chi connectivity index (χ4v) is 5.67. The van der Waals surface area contributed by atoms with Crippen LogP contribution in [0.4, 0.5) is 0 Å². The molecule has 0 aliphatic rings. The van der Waals surface area contributed by atoms with E-state index in [1.807, 2.05) is 30.3 Å². The van der Waals surface area contributed by atoms with Gasteiger partial charge in [0.25, 0.3) is 10.1 Å². The predicted molar refractivity (Wildman–Crippen MR) is 144 cm³/mol. The Bertz CT molecular complexity index is 1230. The summed E-state index contributed by atoms with van der Waals surface area (Å²) in [6, 6.07) is 25.2. The molecule has 2 atom stereocenters. The van der Waals surface area contributed by atoms with Crippen molar-refractivity contribution in [1.82, 2.24) is 0 Å². The smallest absolute Gasteiger partial charge is 0.294 e. The molecule has 0 aliphatic carbocycles. The zero-order chi connectivity index (χ0) is 26.4. The highest BCUT2D eigenvalue weighted by atomic mass is 32.2. The van der Waals surface area contributed by atoms with Crippen LogP contribution in [-0.2, 0) is 25.7 Å². The summed E-state index contributed by atoms with van der Waals surface area (Å²) in [5.41, 5.74) is 2.70. The van der Waals surface area contributed by atoms with Gasteiger partial charge < -0.3 is 9.47 Å². The van der Waals surface area contributed by atoms with Crippen molar-refractivity contribution < 1.29 is 22.4 Å². The monoisotopic (exact) mass is 508 g/mol. The molecule has 192 valence electrons. The number of benzene rings is 3. The summed E-state index contributed by atoms with van der Waals surface area (Å²) >= 11 is 0. The molecule has 3 rings (SSSR count). The fraction of sp³-hybridized carbons (Fsp3) is 0.333. The molecule has 5 nitrogen and oxygen atoms in total. The third kappa shape index (κ3) is 5.66. The highest BCUT2D eigenvalue weighted by Gasteiger charge is 2.48. The molecular weight excluding hydrogens is 472 g/mol. The lowest BCUT2D eigenvalue weighted by atomic mass is 9.52. The molecule has 36 heavy (non-hydrogen) atoms. The van der Waals surface area contributed by atoms with Crippen LogP contribution < -0.4 is 4.74 Å². The van der Waals surface area contributed by atoms with Crippen LogP contribution in [0.5, 0.6) is 5.75 Å². The van der Waals surface area contributed by atoms with E-state index in [9.17, 15) is 13.0 Å². The highest BCUT2D eigenvalue weighted by molar-refractivity contribution is 7.85. The number of ether oxygens (including phenoxy) is 2. The average Bonchev–Trinajstić information content (AvgIpc) is 2.87. The Morgan fingerprint density at radius 1 is 0.889 bits per heavy atom. The minimum Gasteiger partial charge on any atom is -0.498 e. The first kappa shape index (κ1) is 27.5. The Kier molecular flexibility index (Phi) is 8.64. The van der Waals surface area contributed by atoms with Crippen molar-refractivity contribution >= 4 is 10.1 Å². The topological polar surface area (TPSA) is 72.8 Å². The minimum atomic E-state index is -4.26. The lowest BCUT2D eigenvalue weighted by Gasteiger charge is -2.50. The number of hydrogen-bond acceptors (Lipinski definition) is 4. The molecule has 0 amide bonds. The number of rotatable bonds is 12. The second kappa shape index (κ2) is 11.3. The van der Waals surface area contributed by atoms with Gasteiger partial charge in [-0.3, -0.25) is 4.55 Å². The van der Waals surface area contributed by atoms with Gasteiger partial charge in [0.1, 0.15) is 19.0 Å². The van der Waals surface area contributed by atoms with E-state index in [0.717, 1.165) is 23.3 Å². The van der Waals surface area contributed by atoms with E-state index in [-0.39, 0.29) is 21.6 Å².